The summed E-state index contributed by atoms with van der Waals surface area (Å²) >= 11 is 0. The normalized spacial score (nSPS) is 10.5. The summed E-state index contributed by atoms with van der Waals surface area (Å²) in [6, 6.07) is 0. The van der Waals surface area contributed by atoms with Gasteiger partial charge < -0.3 is 14.8 Å². The van der Waals surface area contributed by atoms with Gasteiger partial charge in [0.1, 0.15) is 0 Å². The highest BCUT2D eigenvalue weighted by molar-refractivity contribution is 5.30. The van der Waals surface area contributed by atoms with Crippen LogP contribution in [-0.2, 0) is 7.05 Å². The second kappa shape index (κ2) is 5.65. The minimum atomic E-state index is 0.996. The number of rotatable bonds is 6. The SMILES string of the molecule is CCNCCN(CC)c1nccn1C. The third kappa shape index (κ3) is 2.73. The maximum Gasteiger partial charge on any atom is 0.205 e. The van der Waals surface area contributed by atoms with Gasteiger partial charge in [0.25, 0.3) is 0 Å². The highest BCUT2D eigenvalue weighted by Gasteiger charge is 2.07. The maximum absolute atomic E-state index is 4.33. The van der Waals surface area contributed by atoms with Crippen LogP contribution in [0.4, 0.5) is 5.95 Å². The van der Waals surface area contributed by atoms with Crippen molar-refractivity contribution >= 4 is 5.95 Å². The van der Waals surface area contributed by atoms with Crippen molar-refractivity contribution in [3.05, 3.63) is 12.4 Å². The third-order valence-electron chi connectivity index (χ3n) is 2.27. The summed E-state index contributed by atoms with van der Waals surface area (Å²) < 4.78 is 2.05. The van der Waals surface area contributed by atoms with E-state index in [0.717, 1.165) is 32.1 Å². The summed E-state index contributed by atoms with van der Waals surface area (Å²) in [5.74, 6) is 1.05. The number of nitrogens with one attached hydrogen (secondary N) is 1. The van der Waals surface area contributed by atoms with E-state index >= 15 is 0 Å². The summed E-state index contributed by atoms with van der Waals surface area (Å²) in [7, 11) is 2.03. The minimum absolute atomic E-state index is 0.996. The van der Waals surface area contributed by atoms with Crippen LogP contribution in [0, 0.1) is 0 Å². The number of aryl methyl sites for hydroxylation is 1. The molecule has 0 aliphatic heterocycles. The van der Waals surface area contributed by atoms with E-state index in [2.05, 4.69) is 33.6 Å². The molecule has 4 heteroatoms. The Labute approximate surface area is 85.9 Å². The molecule has 0 fully saturated rings. The average molecular weight is 196 g/mol. The lowest BCUT2D eigenvalue weighted by atomic mass is 10.5. The Morgan fingerprint density at radius 1 is 1.50 bits per heavy atom. The molecule has 80 valence electrons. The van der Waals surface area contributed by atoms with Crippen LogP contribution in [0.2, 0.25) is 0 Å². The molecule has 0 amide bonds. The fourth-order valence-corrected chi connectivity index (χ4v) is 1.45. The van der Waals surface area contributed by atoms with Crippen LogP contribution in [0.25, 0.3) is 0 Å². The number of likely N-dealkylation sites (N-methyl/N-ethyl adjacent to an activating group) is 2. The van der Waals surface area contributed by atoms with Gasteiger partial charge in [-0.15, -0.1) is 0 Å². The van der Waals surface area contributed by atoms with Gasteiger partial charge in [-0.1, -0.05) is 6.92 Å². The van der Waals surface area contributed by atoms with E-state index in [1.165, 1.54) is 0 Å². The third-order valence-corrected chi connectivity index (χ3v) is 2.27. The zero-order valence-electron chi connectivity index (χ0n) is 9.32. The predicted molar refractivity (Wildman–Crippen MR) is 59.6 cm³/mol. The highest BCUT2D eigenvalue weighted by Crippen LogP contribution is 2.07. The molecular formula is C10H20N4. The average Bonchev–Trinajstić information content (AvgIpc) is 2.60. The van der Waals surface area contributed by atoms with Crippen molar-refractivity contribution in [1.82, 2.24) is 14.9 Å². The Morgan fingerprint density at radius 3 is 2.79 bits per heavy atom. The fourth-order valence-electron chi connectivity index (χ4n) is 1.45. The summed E-state index contributed by atoms with van der Waals surface area (Å²) in [4.78, 5) is 6.59. The van der Waals surface area contributed by atoms with Gasteiger partial charge in [-0.25, -0.2) is 4.98 Å². The lowest BCUT2D eigenvalue weighted by Gasteiger charge is -2.21. The van der Waals surface area contributed by atoms with E-state index in [9.17, 15) is 0 Å². The van der Waals surface area contributed by atoms with Crippen molar-refractivity contribution in [3.8, 4) is 0 Å². The largest absolute Gasteiger partial charge is 0.341 e. The Kier molecular flexibility index (Phi) is 4.46. The van der Waals surface area contributed by atoms with E-state index in [4.69, 9.17) is 0 Å². The number of nitrogens with zero attached hydrogens (tertiary/aromatic N) is 3. The molecule has 1 rings (SSSR count). The van der Waals surface area contributed by atoms with Crippen molar-refractivity contribution in [2.45, 2.75) is 13.8 Å². The fraction of sp³-hybridized carbons (Fsp3) is 0.700. The molecule has 1 aromatic heterocycles. The molecule has 0 bridgehead atoms. The Bertz CT molecular complexity index is 256. The first-order valence-electron chi connectivity index (χ1n) is 5.22. The summed E-state index contributed by atoms with van der Waals surface area (Å²) in [5, 5.41) is 3.32. The quantitative estimate of drug-likeness (QED) is 0.685. The first-order valence-corrected chi connectivity index (χ1v) is 5.22. The molecule has 1 aromatic rings. The van der Waals surface area contributed by atoms with Crippen LogP contribution in [0.5, 0.6) is 0 Å². The smallest absolute Gasteiger partial charge is 0.205 e. The second-order valence-corrected chi connectivity index (χ2v) is 3.27. The predicted octanol–water partition coefficient (Wildman–Crippen LogP) is 0.856. The molecule has 0 unspecified atom stereocenters. The van der Waals surface area contributed by atoms with Crippen molar-refractivity contribution in [2.75, 3.05) is 31.1 Å². The zero-order valence-corrected chi connectivity index (χ0v) is 9.32. The second-order valence-electron chi connectivity index (χ2n) is 3.27. The lowest BCUT2D eigenvalue weighted by molar-refractivity contribution is 0.669. The van der Waals surface area contributed by atoms with Gasteiger partial charge in [-0.3, -0.25) is 0 Å². The molecule has 0 atom stereocenters. The van der Waals surface area contributed by atoms with E-state index in [1.54, 1.807) is 0 Å². The number of imidazole rings is 1. The van der Waals surface area contributed by atoms with Crippen LogP contribution in [0.3, 0.4) is 0 Å². The molecule has 0 aliphatic carbocycles. The number of aromatic nitrogens is 2. The van der Waals surface area contributed by atoms with Crippen LogP contribution in [-0.4, -0.2) is 35.7 Å². The zero-order chi connectivity index (χ0) is 10.4. The van der Waals surface area contributed by atoms with Gasteiger partial charge in [-0.05, 0) is 13.5 Å². The highest BCUT2D eigenvalue weighted by atomic mass is 15.3. The van der Waals surface area contributed by atoms with Gasteiger partial charge in [0.15, 0.2) is 0 Å². The van der Waals surface area contributed by atoms with Crippen molar-refractivity contribution < 1.29 is 0 Å². The molecule has 0 saturated carbocycles. The first-order chi connectivity index (χ1) is 6.79. The maximum atomic E-state index is 4.33. The number of anilines is 1. The van der Waals surface area contributed by atoms with Crippen LogP contribution in [0.15, 0.2) is 12.4 Å². The molecule has 0 radical (unpaired) electrons. The molecular weight excluding hydrogens is 176 g/mol. The van der Waals surface area contributed by atoms with Gasteiger partial charge in [0.2, 0.25) is 5.95 Å². The van der Waals surface area contributed by atoms with Gasteiger partial charge in [-0.2, -0.15) is 0 Å². The van der Waals surface area contributed by atoms with Gasteiger partial charge >= 0.3 is 0 Å². The number of hydrogen-bond donors (Lipinski definition) is 1. The molecule has 0 spiro atoms. The van der Waals surface area contributed by atoms with Crippen molar-refractivity contribution in [3.63, 3.8) is 0 Å². The Balaban J connectivity index is 2.50. The van der Waals surface area contributed by atoms with E-state index in [0.29, 0.717) is 0 Å². The molecule has 14 heavy (non-hydrogen) atoms. The first kappa shape index (κ1) is 11.0. The van der Waals surface area contributed by atoms with Crippen molar-refractivity contribution in [2.24, 2.45) is 7.05 Å². The lowest BCUT2D eigenvalue weighted by Crippen LogP contribution is -2.33. The van der Waals surface area contributed by atoms with Gasteiger partial charge in [0.05, 0.1) is 0 Å². The van der Waals surface area contributed by atoms with Crippen LogP contribution < -0.4 is 10.2 Å². The van der Waals surface area contributed by atoms with E-state index in [-0.39, 0.29) is 0 Å². The minimum Gasteiger partial charge on any atom is -0.341 e. The van der Waals surface area contributed by atoms with E-state index in [1.807, 2.05) is 19.4 Å². The van der Waals surface area contributed by atoms with Crippen molar-refractivity contribution in [1.29, 1.82) is 0 Å². The summed E-state index contributed by atoms with van der Waals surface area (Å²) in [6.07, 6.45) is 3.82. The van der Waals surface area contributed by atoms with Gasteiger partial charge in [0, 0.05) is 39.1 Å². The molecule has 1 heterocycles. The molecule has 4 nitrogen and oxygen atoms in total. The Hall–Kier alpha value is -1.03. The van der Waals surface area contributed by atoms with E-state index < -0.39 is 0 Å². The van der Waals surface area contributed by atoms with Crippen LogP contribution >= 0.6 is 0 Å². The monoisotopic (exact) mass is 196 g/mol. The summed E-state index contributed by atoms with van der Waals surface area (Å²) in [6.45, 7) is 8.32. The number of hydrogen-bond acceptors (Lipinski definition) is 3. The molecule has 0 aromatic carbocycles. The molecule has 0 saturated heterocycles. The standard InChI is InChI=1S/C10H20N4/c1-4-11-6-9-14(5-2)10-12-7-8-13(10)3/h7-8,11H,4-6,9H2,1-3H3. The molecule has 1 N–H and O–H groups in total. The Morgan fingerprint density at radius 2 is 2.29 bits per heavy atom. The summed E-state index contributed by atoms with van der Waals surface area (Å²) in [5.41, 5.74) is 0. The topological polar surface area (TPSA) is 33.1 Å². The van der Waals surface area contributed by atoms with Crippen LogP contribution in [0.1, 0.15) is 13.8 Å². The molecule has 0 aliphatic rings.